The Hall–Kier alpha value is -2.10. The molecule has 2 rings (SSSR count). The predicted molar refractivity (Wildman–Crippen MR) is 89.4 cm³/mol. The Morgan fingerprint density at radius 3 is 2.57 bits per heavy atom. The van der Waals surface area contributed by atoms with Gasteiger partial charge in [-0.3, -0.25) is 0 Å². The molecule has 0 amide bonds. The van der Waals surface area contributed by atoms with E-state index >= 15 is 0 Å². The predicted octanol–water partition coefficient (Wildman–Crippen LogP) is 4.07. The first-order chi connectivity index (χ1) is 10.1. The number of rotatable bonds is 6. The van der Waals surface area contributed by atoms with E-state index in [2.05, 4.69) is 65.2 Å². The number of nitrogens with one attached hydrogen (secondary N) is 1. The van der Waals surface area contributed by atoms with Gasteiger partial charge in [-0.15, -0.1) is 0 Å². The van der Waals surface area contributed by atoms with Gasteiger partial charge in [-0.25, -0.2) is 4.98 Å². The minimum absolute atomic E-state index is 0.706. The fourth-order valence-corrected chi connectivity index (χ4v) is 2.28. The zero-order valence-electron chi connectivity index (χ0n) is 13.3. The third kappa shape index (κ3) is 3.94. The molecule has 0 spiro atoms. The summed E-state index contributed by atoms with van der Waals surface area (Å²) in [5, 5.41) is 3.27. The monoisotopic (exact) mass is 284 g/mol. The Morgan fingerprint density at radius 2 is 1.90 bits per heavy atom. The Morgan fingerprint density at radius 1 is 1.10 bits per heavy atom. The van der Waals surface area contributed by atoms with Crippen LogP contribution in [-0.4, -0.2) is 23.1 Å². The van der Waals surface area contributed by atoms with Crippen LogP contribution in [0.25, 0.3) is 0 Å². The van der Waals surface area contributed by atoms with Crippen molar-refractivity contribution in [2.24, 2.45) is 0 Å². The van der Waals surface area contributed by atoms with Crippen LogP contribution in [0.2, 0.25) is 0 Å². The van der Waals surface area contributed by atoms with Gasteiger partial charge in [0.05, 0.1) is 0 Å². The largest absolute Gasteiger partial charge is 0.354 e. The zero-order chi connectivity index (χ0) is 15.2. The van der Waals surface area contributed by atoms with E-state index in [4.69, 9.17) is 0 Å². The quantitative estimate of drug-likeness (QED) is 0.868. The molecule has 1 N–H and O–H groups in total. The summed E-state index contributed by atoms with van der Waals surface area (Å²) in [5.41, 5.74) is 3.39. The third-order valence-electron chi connectivity index (χ3n) is 3.28. The molecule has 0 fully saturated rings. The zero-order valence-corrected chi connectivity index (χ0v) is 13.3. The van der Waals surface area contributed by atoms with Crippen LogP contribution in [0.1, 0.15) is 31.5 Å². The maximum absolute atomic E-state index is 4.65. The number of nitrogens with zero attached hydrogens (tertiary/aromatic N) is 3. The number of aryl methyl sites for hydroxylation is 2. The van der Waals surface area contributed by atoms with Gasteiger partial charge in [-0.05, 0) is 44.9 Å². The second kappa shape index (κ2) is 7.07. The van der Waals surface area contributed by atoms with Crippen molar-refractivity contribution in [2.75, 3.05) is 23.3 Å². The molecule has 1 heterocycles. The standard InChI is InChI=1S/C17H24N4/c1-5-10-18-17-19-14(4)12-16(20-17)21(6-2)15-9-7-8-13(3)11-15/h7-9,11-12H,5-6,10H2,1-4H3,(H,18,19,20). The van der Waals surface area contributed by atoms with Crippen molar-refractivity contribution in [3.63, 3.8) is 0 Å². The maximum atomic E-state index is 4.65. The van der Waals surface area contributed by atoms with E-state index in [9.17, 15) is 0 Å². The fourth-order valence-electron chi connectivity index (χ4n) is 2.28. The van der Waals surface area contributed by atoms with E-state index in [1.54, 1.807) is 0 Å². The average molecular weight is 284 g/mol. The molecule has 1 aromatic heterocycles. The van der Waals surface area contributed by atoms with Crippen LogP contribution in [-0.2, 0) is 0 Å². The molecule has 0 aliphatic rings. The number of benzene rings is 1. The Labute approximate surface area is 127 Å². The molecule has 0 aliphatic carbocycles. The highest BCUT2D eigenvalue weighted by atomic mass is 15.2. The van der Waals surface area contributed by atoms with E-state index < -0.39 is 0 Å². The molecule has 4 heteroatoms. The number of hydrogen-bond donors (Lipinski definition) is 1. The Kier molecular flexibility index (Phi) is 5.14. The van der Waals surface area contributed by atoms with E-state index in [1.807, 2.05) is 13.0 Å². The van der Waals surface area contributed by atoms with Crippen molar-refractivity contribution in [2.45, 2.75) is 34.1 Å². The van der Waals surface area contributed by atoms with Gasteiger partial charge in [0.2, 0.25) is 5.95 Å². The molecule has 0 radical (unpaired) electrons. The van der Waals surface area contributed by atoms with Crippen LogP contribution >= 0.6 is 0 Å². The van der Waals surface area contributed by atoms with Gasteiger partial charge in [0, 0.05) is 30.5 Å². The third-order valence-corrected chi connectivity index (χ3v) is 3.28. The molecule has 0 saturated heterocycles. The lowest BCUT2D eigenvalue weighted by atomic mass is 10.2. The molecule has 0 atom stereocenters. The van der Waals surface area contributed by atoms with Gasteiger partial charge in [-0.2, -0.15) is 4.98 Å². The molecule has 0 unspecified atom stereocenters. The number of hydrogen-bond acceptors (Lipinski definition) is 4. The van der Waals surface area contributed by atoms with Gasteiger partial charge in [0.1, 0.15) is 5.82 Å². The van der Waals surface area contributed by atoms with Crippen molar-refractivity contribution in [1.29, 1.82) is 0 Å². The molecule has 4 nitrogen and oxygen atoms in total. The van der Waals surface area contributed by atoms with E-state index in [0.717, 1.165) is 36.7 Å². The molecule has 0 saturated carbocycles. The molecule has 1 aromatic carbocycles. The fraction of sp³-hybridized carbons (Fsp3) is 0.412. The van der Waals surface area contributed by atoms with Gasteiger partial charge in [0.15, 0.2) is 0 Å². The minimum Gasteiger partial charge on any atom is -0.354 e. The summed E-state index contributed by atoms with van der Waals surface area (Å²) in [7, 11) is 0. The first-order valence-corrected chi connectivity index (χ1v) is 7.57. The van der Waals surface area contributed by atoms with Crippen molar-refractivity contribution in [1.82, 2.24) is 9.97 Å². The molecule has 0 aliphatic heterocycles. The van der Waals surface area contributed by atoms with Gasteiger partial charge < -0.3 is 10.2 Å². The second-order valence-corrected chi connectivity index (χ2v) is 5.20. The first kappa shape index (κ1) is 15.3. The Balaban J connectivity index is 2.35. The minimum atomic E-state index is 0.706. The van der Waals surface area contributed by atoms with Crippen LogP contribution in [0.5, 0.6) is 0 Å². The van der Waals surface area contributed by atoms with Crippen LogP contribution in [0.3, 0.4) is 0 Å². The van der Waals surface area contributed by atoms with Crippen LogP contribution < -0.4 is 10.2 Å². The topological polar surface area (TPSA) is 41.1 Å². The van der Waals surface area contributed by atoms with Crippen molar-refractivity contribution in [3.05, 3.63) is 41.6 Å². The smallest absolute Gasteiger partial charge is 0.224 e. The number of anilines is 3. The Bertz CT molecular complexity index is 595. The second-order valence-electron chi connectivity index (χ2n) is 5.20. The van der Waals surface area contributed by atoms with E-state index in [1.165, 1.54) is 5.56 Å². The average Bonchev–Trinajstić information content (AvgIpc) is 2.45. The molecular weight excluding hydrogens is 260 g/mol. The van der Waals surface area contributed by atoms with E-state index in [-0.39, 0.29) is 0 Å². The lowest BCUT2D eigenvalue weighted by Gasteiger charge is -2.23. The van der Waals surface area contributed by atoms with Crippen LogP contribution in [0.15, 0.2) is 30.3 Å². The van der Waals surface area contributed by atoms with Crippen molar-refractivity contribution >= 4 is 17.5 Å². The normalized spacial score (nSPS) is 10.5. The SMILES string of the molecule is CCCNc1nc(C)cc(N(CC)c2cccc(C)c2)n1. The summed E-state index contributed by atoms with van der Waals surface area (Å²) in [5.74, 6) is 1.65. The highest BCUT2D eigenvalue weighted by molar-refractivity contribution is 5.61. The number of aromatic nitrogens is 2. The molecule has 21 heavy (non-hydrogen) atoms. The van der Waals surface area contributed by atoms with Crippen LogP contribution in [0.4, 0.5) is 17.5 Å². The molecule has 112 valence electrons. The maximum Gasteiger partial charge on any atom is 0.224 e. The van der Waals surface area contributed by atoms with Crippen molar-refractivity contribution < 1.29 is 0 Å². The lowest BCUT2D eigenvalue weighted by molar-refractivity contribution is 0.926. The summed E-state index contributed by atoms with van der Waals surface area (Å²) in [6, 6.07) is 10.5. The van der Waals surface area contributed by atoms with E-state index in [0.29, 0.717) is 5.95 Å². The molecule has 2 aromatic rings. The summed E-state index contributed by atoms with van der Waals surface area (Å²) >= 11 is 0. The lowest BCUT2D eigenvalue weighted by Crippen LogP contribution is -2.19. The van der Waals surface area contributed by atoms with Gasteiger partial charge in [0.25, 0.3) is 0 Å². The molecular formula is C17H24N4. The van der Waals surface area contributed by atoms with Gasteiger partial charge >= 0.3 is 0 Å². The highest BCUT2D eigenvalue weighted by Gasteiger charge is 2.11. The van der Waals surface area contributed by atoms with Crippen LogP contribution in [0, 0.1) is 13.8 Å². The summed E-state index contributed by atoms with van der Waals surface area (Å²) in [6.07, 6.45) is 1.06. The van der Waals surface area contributed by atoms with Gasteiger partial charge in [-0.1, -0.05) is 19.1 Å². The summed E-state index contributed by atoms with van der Waals surface area (Å²) in [4.78, 5) is 11.3. The summed E-state index contributed by atoms with van der Waals surface area (Å²) < 4.78 is 0. The highest BCUT2D eigenvalue weighted by Crippen LogP contribution is 2.25. The summed E-state index contributed by atoms with van der Waals surface area (Å²) in [6.45, 7) is 10.1. The van der Waals surface area contributed by atoms with Crippen molar-refractivity contribution in [3.8, 4) is 0 Å². The first-order valence-electron chi connectivity index (χ1n) is 7.57. The molecule has 0 bridgehead atoms.